The third-order valence-electron chi connectivity index (χ3n) is 2.35. The molecule has 1 amide bonds. The van der Waals surface area contributed by atoms with Crippen LogP contribution in [0.1, 0.15) is 11.6 Å². The van der Waals surface area contributed by atoms with Crippen molar-refractivity contribution in [3.05, 3.63) is 34.6 Å². The van der Waals surface area contributed by atoms with Crippen molar-refractivity contribution >= 4 is 30.1 Å². The van der Waals surface area contributed by atoms with E-state index in [0.717, 1.165) is 18.2 Å². The topological polar surface area (TPSA) is 38.3 Å². The minimum Gasteiger partial charge on any atom is -0.443 e. The predicted octanol–water partition coefficient (Wildman–Crippen LogP) is 3.32. The molecule has 1 N–H and O–H groups in total. The maximum Gasteiger partial charge on any atom is 0.408 e. The smallest absolute Gasteiger partial charge is 0.408 e. The van der Waals surface area contributed by atoms with Gasteiger partial charge in [0.15, 0.2) is 6.61 Å². The fourth-order valence-corrected chi connectivity index (χ4v) is 1.83. The number of halogens is 5. The van der Waals surface area contributed by atoms with Gasteiger partial charge in [0, 0.05) is 5.02 Å². The van der Waals surface area contributed by atoms with Crippen molar-refractivity contribution in [2.45, 2.75) is 12.0 Å². The average molecular weight is 302 g/mol. The van der Waals surface area contributed by atoms with Gasteiger partial charge in [-0.3, -0.25) is 0 Å². The molecule has 1 heterocycles. The fourth-order valence-electron chi connectivity index (χ4n) is 1.55. The summed E-state index contributed by atoms with van der Waals surface area (Å²) < 4.78 is 44.0. The minimum absolute atomic E-state index is 0. The van der Waals surface area contributed by atoms with Gasteiger partial charge in [0.05, 0.1) is 0 Å². The van der Waals surface area contributed by atoms with E-state index < -0.39 is 30.5 Å². The highest BCUT2D eigenvalue weighted by Gasteiger charge is 2.47. The third kappa shape index (κ3) is 2.81. The molecule has 1 aromatic carbocycles. The first-order chi connectivity index (χ1) is 7.90. The van der Waals surface area contributed by atoms with E-state index in [-0.39, 0.29) is 23.0 Å². The Balaban J connectivity index is 0.00000162. The van der Waals surface area contributed by atoms with Crippen LogP contribution in [0.25, 0.3) is 0 Å². The number of rotatable bonds is 1. The number of alkyl halides is 2. The largest absolute Gasteiger partial charge is 0.443 e. The van der Waals surface area contributed by atoms with Gasteiger partial charge >= 0.3 is 12.0 Å². The second-order valence-electron chi connectivity index (χ2n) is 3.58. The summed E-state index contributed by atoms with van der Waals surface area (Å²) >= 11 is 5.67. The van der Waals surface area contributed by atoms with E-state index >= 15 is 0 Å². The Morgan fingerprint density at radius 3 is 2.72 bits per heavy atom. The second-order valence-corrected chi connectivity index (χ2v) is 3.99. The van der Waals surface area contributed by atoms with Crippen molar-refractivity contribution in [3.8, 4) is 0 Å². The molecule has 2 rings (SSSR count). The van der Waals surface area contributed by atoms with Crippen LogP contribution in [0.5, 0.6) is 0 Å². The van der Waals surface area contributed by atoms with E-state index in [1.165, 1.54) is 0 Å². The van der Waals surface area contributed by atoms with Crippen LogP contribution in [0.3, 0.4) is 0 Å². The number of hydrogen-bond donors (Lipinski definition) is 1. The molecule has 100 valence electrons. The van der Waals surface area contributed by atoms with Gasteiger partial charge in [0.1, 0.15) is 11.9 Å². The molecule has 1 aromatic rings. The van der Waals surface area contributed by atoms with Crippen molar-refractivity contribution in [2.24, 2.45) is 0 Å². The predicted molar refractivity (Wildman–Crippen MR) is 60.8 cm³/mol. The molecule has 0 unspecified atom stereocenters. The normalized spacial score (nSPS) is 21.6. The standard InChI is InChI=1S/C10H7ClF3NO2.ClH/c11-7-3-5(12)1-2-6(7)8-10(13,14)4-17-9(16)15-8;/h1-3,8H,4H2,(H,15,16);1H/t8-;/m0./s1. The molecule has 0 spiro atoms. The van der Waals surface area contributed by atoms with Gasteiger partial charge in [0.2, 0.25) is 0 Å². The molecule has 0 saturated carbocycles. The summed E-state index contributed by atoms with van der Waals surface area (Å²) in [6.45, 7) is -1.03. The van der Waals surface area contributed by atoms with Crippen LogP contribution in [-0.4, -0.2) is 18.6 Å². The summed E-state index contributed by atoms with van der Waals surface area (Å²) in [5.41, 5.74) is -0.0466. The van der Waals surface area contributed by atoms with E-state index in [0.29, 0.717) is 0 Å². The first-order valence-corrected chi connectivity index (χ1v) is 5.04. The monoisotopic (exact) mass is 301 g/mol. The lowest BCUT2D eigenvalue weighted by Gasteiger charge is -2.32. The lowest BCUT2D eigenvalue weighted by Crippen LogP contribution is -2.49. The first kappa shape index (κ1) is 14.9. The van der Waals surface area contributed by atoms with Crippen LogP contribution in [0.15, 0.2) is 18.2 Å². The summed E-state index contributed by atoms with van der Waals surface area (Å²) in [5, 5.41) is 1.80. The summed E-state index contributed by atoms with van der Waals surface area (Å²) in [4.78, 5) is 10.9. The lowest BCUT2D eigenvalue weighted by molar-refractivity contribution is -0.104. The summed E-state index contributed by atoms with van der Waals surface area (Å²) in [5.74, 6) is -3.93. The van der Waals surface area contributed by atoms with E-state index in [9.17, 15) is 18.0 Å². The maximum absolute atomic E-state index is 13.5. The first-order valence-electron chi connectivity index (χ1n) is 4.66. The molecular formula is C10H8Cl2F3NO2. The van der Waals surface area contributed by atoms with Gasteiger partial charge in [0.25, 0.3) is 0 Å². The van der Waals surface area contributed by atoms with Crippen LogP contribution in [0.2, 0.25) is 5.02 Å². The molecule has 1 aliphatic rings. The zero-order valence-corrected chi connectivity index (χ0v) is 10.3. The minimum atomic E-state index is -3.30. The van der Waals surface area contributed by atoms with Gasteiger partial charge in [-0.2, -0.15) is 0 Å². The number of nitrogens with one attached hydrogen (secondary N) is 1. The van der Waals surface area contributed by atoms with Crippen molar-refractivity contribution in [2.75, 3.05) is 6.61 Å². The summed E-state index contributed by atoms with van der Waals surface area (Å²) in [6.07, 6.45) is -0.957. The Kier molecular flexibility index (Phi) is 4.34. The van der Waals surface area contributed by atoms with Crippen LogP contribution < -0.4 is 5.32 Å². The Hall–Kier alpha value is -1.14. The quantitative estimate of drug-likeness (QED) is 0.864. The van der Waals surface area contributed by atoms with E-state index in [2.05, 4.69) is 4.74 Å². The molecule has 1 saturated heterocycles. The Labute approximate surface area is 112 Å². The van der Waals surface area contributed by atoms with Crippen LogP contribution in [0.4, 0.5) is 18.0 Å². The molecule has 0 bridgehead atoms. The zero-order valence-electron chi connectivity index (χ0n) is 8.75. The van der Waals surface area contributed by atoms with Crippen molar-refractivity contribution < 1.29 is 22.7 Å². The van der Waals surface area contributed by atoms with E-state index in [4.69, 9.17) is 11.6 Å². The average Bonchev–Trinajstić information content (AvgIpc) is 2.23. The molecule has 0 radical (unpaired) electrons. The highest BCUT2D eigenvalue weighted by atomic mass is 35.5. The van der Waals surface area contributed by atoms with Gasteiger partial charge in [-0.05, 0) is 17.7 Å². The number of carbonyl (C=O) groups excluding carboxylic acids is 1. The summed E-state index contributed by atoms with van der Waals surface area (Å²) in [7, 11) is 0. The molecule has 1 aliphatic heterocycles. The highest BCUT2D eigenvalue weighted by molar-refractivity contribution is 6.31. The van der Waals surface area contributed by atoms with Gasteiger partial charge in [-0.25, -0.2) is 18.0 Å². The van der Waals surface area contributed by atoms with E-state index in [1.807, 2.05) is 5.32 Å². The number of carbonyl (C=O) groups is 1. The molecule has 0 aliphatic carbocycles. The molecule has 18 heavy (non-hydrogen) atoms. The number of cyclic esters (lactones) is 1. The number of benzene rings is 1. The van der Waals surface area contributed by atoms with Crippen molar-refractivity contribution in [3.63, 3.8) is 0 Å². The number of hydrogen-bond acceptors (Lipinski definition) is 2. The van der Waals surface area contributed by atoms with Crippen LogP contribution >= 0.6 is 24.0 Å². The second kappa shape index (κ2) is 5.24. The van der Waals surface area contributed by atoms with E-state index in [1.54, 1.807) is 0 Å². The van der Waals surface area contributed by atoms with Crippen LogP contribution in [0, 0.1) is 5.82 Å². The Morgan fingerprint density at radius 2 is 2.11 bits per heavy atom. The van der Waals surface area contributed by atoms with Crippen molar-refractivity contribution in [1.82, 2.24) is 5.32 Å². The number of amides is 1. The van der Waals surface area contributed by atoms with Gasteiger partial charge < -0.3 is 10.1 Å². The third-order valence-corrected chi connectivity index (χ3v) is 2.68. The molecule has 0 aromatic heterocycles. The fraction of sp³-hybridized carbons (Fsp3) is 0.300. The SMILES string of the molecule is Cl.O=C1N[C@@H](c2ccc(F)cc2Cl)C(F)(F)CO1. The molecule has 3 nitrogen and oxygen atoms in total. The van der Waals surface area contributed by atoms with Gasteiger partial charge in [-0.1, -0.05) is 17.7 Å². The number of ether oxygens (including phenoxy) is 1. The molecular weight excluding hydrogens is 294 g/mol. The molecule has 1 fully saturated rings. The Morgan fingerprint density at radius 1 is 1.44 bits per heavy atom. The van der Waals surface area contributed by atoms with Crippen LogP contribution in [-0.2, 0) is 4.74 Å². The molecule has 1 atom stereocenters. The van der Waals surface area contributed by atoms with Crippen molar-refractivity contribution in [1.29, 1.82) is 0 Å². The summed E-state index contributed by atoms with van der Waals surface area (Å²) in [6, 6.07) is 1.41. The molecule has 8 heteroatoms. The van der Waals surface area contributed by atoms with Gasteiger partial charge in [-0.15, -0.1) is 12.4 Å². The lowest BCUT2D eigenvalue weighted by atomic mass is 10.00. The zero-order chi connectivity index (χ0) is 12.6. The highest BCUT2D eigenvalue weighted by Crippen LogP contribution is 2.37. The maximum atomic E-state index is 13.5. The Bertz CT molecular complexity index is 470. The number of alkyl carbamates (subject to hydrolysis) is 1.